The fourth-order valence-electron chi connectivity index (χ4n) is 3.10. The largest absolute Gasteiger partial charge is 0.315 e. The first kappa shape index (κ1) is 14.8. The Morgan fingerprint density at radius 3 is 3.04 bits per heavy atom. The summed E-state index contributed by atoms with van der Waals surface area (Å²) in [7, 11) is 0. The van der Waals surface area contributed by atoms with Crippen LogP contribution in [-0.2, 0) is 6.54 Å². The molecule has 23 heavy (non-hydrogen) atoms. The number of hydrogen-bond donors (Lipinski definition) is 1. The maximum atomic E-state index is 13.7. The van der Waals surface area contributed by atoms with Gasteiger partial charge in [-0.25, -0.2) is 9.37 Å². The van der Waals surface area contributed by atoms with E-state index in [0.717, 1.165) is 61.1 Å². The predicted octanol–water partition coefficient (Wildman–Crippen LogP) is 3.00. The van der Waals surface area contributed by atoms with Gasteiger partial charge in [0.1, 0.15) is 17.2 Å². The summed E-state index contributed by atoms with van der Waals surface area (Å²) in [6.07, 6.45) is 2.68. The number of imidazole rings is 1. The molecule has 0 amide bonds. The van der Waals surface area contributed by atoms with Crippen molar-refractivity contribution in [2.75, 3.05) is 26.2 Å². The molecule has 0 spiro atoms. The lowest BCUT2D eigenvalue weighted by atomic mass is 10.2. The summed E-state index contributed by atoms with van der Waals surface area (Å²) in [5.74, 6) is -0.230. The van der Waals surface area contributed by atoms with Crippen molar-refractivity contribution in [2.24, 2.45) is 0 Å². The van der Waals surface area contributed by atoms with E-state index >= 15 is 0 Å². The Morgan fingerprint density at radius 1 is 1.22 bits per heavy atom. The smallest absolute Gasteiger partial charge is 0.139 e. The molecular weight excluding hydrogens is 311 g/mol. The molecule has 0 unspecified atom stereocenters. The van der Waals surface area contributed by atoms with Crippen LogP contribution in [0.15, 0.2) is 35.8 Å². The molecule has 4 heterocycles. The lowest BCUT2D eigenvalue weighted by molar-refractivity contribution is 0.280. The minimum absolute atomic E-state index is 0.230. The Bertz CT molecular complexity index is 788. The lowest BCUT2D eigenvalue weighted by Gasteiger charge is -2.19. The maximum Gasteiger partial charge on any atom is 0.139 e. The second-order valence-corrected chi connectivity index (χ2v) is 6.79. The van der Waals surface area contributed by atoms with E-state index in [2.05, 4.69) is 21.7 Å². The summed E-state index contributed by atoms with van der Waals surface area (Å²) in [6.45, 7) is 4.92. The van der Waals surface area contributed by atoms with Crippen molar-refractivity contribution in [1.29, 1.82) is 0 Å². The van der Waals surface area contributed by atoms with Gasteiger partial charge in [0, 0.05) is 25.8 Å². The standard InChI is InChI=1S/C17H19FN4S/c18-13-4-5-16-20-17(15-3-1-10-23-15)14(22(16)11-13)12-21-8-2-6-19-7-9-21/h1,3-5,10-11,19H,2,6-9,12H2. The molecule has 120 valence electrons. The van der Waals surface area contributed by atoms with Crippen molar-refractivity contribution >= 4 is 17.0 Å². The third-order valence-corrected chi connectivity index (χ3v) is 5.12. The normalized spacial score (nSPS) is 16.7. The molecule has 1 aliphatic heterocycles. The highest BCUT2D eigenvalue weighted by Gasteiger charge is 2.18. The molecule has 1 aliphatic rings. The van der Waals surface area contributed by atoms with E-state index in [4.69, 9.17) is 4.98 Å². The van der Waals surface area contributed by atoms with Gasteiger partial charge in [-0.2, -0.15) is 0 Å². The predicted molar refractivity (Wildman–Crippen MR) is 91.2 cm³/mol. The van der Waals surface area contributed by atoms with Crippen LogP contribution in [-0.4, -0.2) is 40.5 Å². The molecular formula is C17H19FN4S. The van der Waals surface area contributed by atoms with E-state index in [1.165, 1.54) is 6.07 Å². The molecule has 1 N–H and O–H groups in total. The zero-order chi connectivity index (χ0) is 15.6. The average Bonchev–Trinajstić information content (AvgIpc) is 3.10. The summed E-state index contributed by atoms with van der Waals surface area (Å²) in [6, 6.07) is 7.33. The molecule has 3 aromatic heterocycles. The van der Waals surface area contributed by atoms with Crippen molar-refractivity contribution in [3.05, 3.63) is 47.4 Å². The first-order chi connectivity index (χ1) is 11.3. The van der Waals surface area contributed by atoms with E-state index < -0.39 is 0 Å². The van der Waals surface area contributed by atoms with Gasteiger partial charge in [0.05, 0.1) is 10.6 Å². The van der Waals surface area contributed by atoms with Crippen LogP contribution in [0.25, 0.3) is 16.2 Å². The number of hydrogen-bond acceptors (Lipinski definition) is 4. The van der Waals surface area contributed by atoms with Crippen LogP contribution >= 0.6 is 11.3 Å². The fourth-order valence-corrected chi connectivity index (χ4v) is 3.84. The zero-order valence-electron chi connectivity index (χ0n) is 12.8. The van der Waals surface area contributed by atoms with E-state index in [9.17, 15) is 4.39 Å². The van der Waals surface area contributed by atoms with E-state index in [-0.39, 0.29) is 5.82 Å². The minimum atomic E-state index is -0.230. The second kappa shape index (κ2) is 6.39. The Kier molecular flexibility index (Phi) is 4.11. The number of fused-ring (bicyclic) bond motifs is 1. The molecule has 0 bridgehead atoms. The van der Waals surface area contributed by atoms with Crippen molar-refractivity contribution in [1.82, 2.24) is 19.6 Å². The molecule has 6 heteroatoms. The van der Waals surface area contributed by atoms with Gasteiger partial charge in [-0.1, -0.05) is 6.07 Å². The van der Waals surface area contributed by atoms with Crippen molar-refractivity contribution in [2.45, 2.75) is 13.0 Å². The van der Waals surface area contributed by atoms with Crippen molar-refractivity contribution < 1.29 is 4.39 Å². The highest BCUT2D eigenvalue weighted by Crippen LogP contribution is 2.29. The van der Waals surface area contributed by atoms with Gasteiger partial charge in [-0.05, 0) is 43.1 Å². The van der Waals surface area contributed by atoms with Crippen LogP contribution in [0.1, 0.15) is 12.1 Å². The maximum absolute atomic E-state index is 13.7. The zero-order valence-corrected chi connectivity index (χ0v) is 13.7. The highest BCUT2D eigenvalue weighted by molar-refractivity contribution is 7.13. The quantitative estimate of drug-likeness (QED) is 0.801. The summed E-state index contributed by atoms with van der Waals surface area (Å²) < 4.78 is 15.6. The van der Waals surface area contributed by atoms with Gasteiger partial charge in [0.2, 0.25) is 0 Å². The van der Waals surface area contributed by atoms with Crippen LogP contribution in [0.3, 0.4) is 0 Å². The van der Waals surface area contributed by atoms with Gasteiger partial charge in [0.15, 0.2) is 0 Å². The molecule has 0 aromatic carbocycles. The molecule has 3 aromatic rings. The summed E-state index contributed by atoms with van der Waals surface area (Å²) in [5.41, 5.74) is 2.85. The fraction of sp³-hybridized carbons (Fsp3) is 0.353. The topological polar surface area (TPSA) is 32.6 Å². The molecule has 0 atom stereocenters. The highest BCUT2D eigenvalue weighted by atomic mass is 32.1. The first-order valence-corrected chi connectivity index (χ1v) is 8.83. The Morgan fingerprint density at radius 2 is 2.17 bits per heavy atom. The number of thiophene rings is 1. The van der Waals surface area contributed by atoms with E-state index in [0.29, 0.717) is 0 Å². The van der Waals surface area contributed by atoms with Crippen LogP contribution in [0.2, 0.25) is 0 Å². The first-order valence-electron chi connectivity index (χ1n) is 7.95. The Hall–Kier alpha value is -1.76. The van der Waals surface area contributed by atoms with E-state index in [1.807, 2.05) is 10.5 Å². The molecule has 4 rings (SSSR count). The molecule has 1 fully saturated rings. The van der Waals surface area contributed by atoms with Crippen LogP contribution in [0.4, 0.5) is 4.39 Å². The Balaban J connectivity index is 1.78. The second-order valence-electron chi connectivity index (χ2n) is 5.84. The lowest BCUT2D eigenvalue weighted by Crippen LogP contribution is -2.28. The minimum Gasteiger partial charge on any atom is -0.315 e. The molecule has 1 saturated heterocycles. The average molecular weight is 330 g/mol. The van der Waals surface area contributed by atoms with Gasteiger partial charge in [-0.3, -0.25) is 9.30 Å². The Labute approximate surface area is 138 Å². The number of rotatable bonds is 3. The van der Waals surface area contributed by atoms with E-state index in [1.54, 1.807) is 23.6 Å². The monoisotopic (exact) mass is 330 g/mol. The van der Waals surface area contributed by atoms with Crippen LogP contribution in [0.5, 0.6) is 0 Å². The van der Waals surface area contributed by atoms with Crippen molar-refractivity contribution in [3.63, 3.8) is 0 Å². The third kappa shape index (κ3) is 3.02. The molecule has 4 nitrogen and oxygen atoms in total. The SMILES string of the molecule is Fc1ccc2nc(-c3cccs3)c(CN3CCCNCC3)n2c1. The van der Waals surface area contributed by atoms with Gasteiger partial charge in [0.25, 0.3) is 0 Å². The number of nitrogens with zero attached hydrogens (tertiary/aromatic N) is 3. The number of aromatic nitrogens is 2. The summed E-state index contributed by atoms with van der Waals surface area (Å²) in [4.78, 5) is 8.31. The van der Waals surface area contributed by atoms with Crippen molar-refractivity contribution in [3.8, 4) is 10.6 Å². The summed E-state index contributed by atoms with van der Waals surface area (Å²) in [5, 5.41) is 5.48. The molecule has 0 saturated carbocycles. The van der Waals surface area contributed by atoms with Gasteiger partial charge < -0.3 is 5.32 Å². The molecule has 0 radical (unpaired) electrons. The number of halogens is 1. The number of pyridine rings is 1. The van der Waals surface area contributed by atoms with Crippen LogP contribution < -0.4 is 5.32 Å². The summed E-state index contributed by atoms with van der Waals surface area (Å²) >= 11 is 1.68. The van der Waals surface area contributed by atoms with Gasteiger partial charge in [-0.15, -0.1) is 11.3 Å². The molecule has 0 aliphatic carbocycles. The van der Waals surface area contributed by atoms with Gasteiger partial charge >= 0.3 is 0 Å². The van der Waals surface area contributed by atoms with Crippen LogP contribution in [0, 0.1) is 5.82 Å². The third-order valence-electron chi connectivity index (χ3n) is 4.24. The number of nitrogens with one attached hydrogen (secondary N) is 1.